The Morgan fingerprint density at radius 1 is 1.42 bits per heavy atom. The third-order valence-electron chi connectivity index (χ3n) is 2.94. The first-order chi connectivity index (χ1) is 9.04. The van der Waals surface area contributed by atoms with Crippen molar-refractivity contribution in [2.75, 3.05) is 23.2 Å². The third-order valence-corrected chi connectivity index (χ3v) is 4.95. The normalized spacial score (nSPS) is 20.9. The Bertz CT molecular complexity index is 613. The second-order valence-electron chi connectivity index (χ2n) is 4.71. The van der Waals surface area contributed by atoms with Crippen molar-refractivity contribution < 1.29 is 13.5 Å². The molecule has 1 aromatic carbocycles. The SMILES string of the molecule is CC1CN(c2ccccc2C#CCCO)S(=O)(=O)C1. The van der Waals surface area contributed by atoms with Gasteiger partial charge in [-0.15, -0.1) is 0 Å². The highest BCUT2D eigenvalue weighted by Gasteiger charge is 2.34. The van der Waals surface area contributed by atoms with E-state index >= 15 is 0 Å². The minimum Gasteiger partial charge on any atom is -0.395 e. The van der Waals surface area contributed by atoms with Crippen molar-refractivity contribution in [3.05, 3.63) is 29.8 Å². The largest absolute Gasteiger partial charge is 0.395 e. The van der Waals surface area contributed by atoms with Gasteiger partial charge in [-0.2, -0.15) is 0 Å². The second-order valence-corrected chi connectivity index (χ2v) is 6.65. The van der Waals surface area contributed by atoms with Crippen LogP contribution >= 0.6 is 0 Å². The van der Waals surface area contributed by atoms with Gasteiger partial charge in [0, 0.05) is 18.5 Å². The van der Waals surface area contributed by atoms with Gasteiger partial charge in [0.05, 0.1) is 18.0 Å². The highest BCUT2D eigenvalue weighted by atomic mass is 32.2. The van der Waals surface area contributed by atoms with Gasteiger partial charge in [-0.25, -0.2) is 8.42 Å². The highest BCUT2D eigenvalue weighted by molar-refractivity contribution is 7.93. The Kier molecular flexibility index (Phi) is 4.13. The molecule has 0 saturated carbocycles. The molecule has 102 valence electrons. The van der Waals surface area contributed by atoms with Crippen molar-refractivity contribution in [3.8, 4) is 11.8 Å². The number of aliphatic hydroxyl groups is 1. The van der Waals surface area contributed by atoms with E-state index in [-0.39, 0.29) is 18.3 Å². The summed E-state index contributed by atoms with van der Waals surface area (Å²) in [5, 5.41) is 8.73. The van der Waals surface area contributed by atoms with E-state index in [1.165, 1.54) is 4.31 Å². The molecule has 0 bridgehead atoms. The Morgan fingerprint density at radius 2 is 2.16 bits per heavy atom. The third kappa shape index (κ3) is 3.09. The molecule has 0 spiro atoms. The van der Waals surface area contributed by atoms with Crippen LogP contribution in [0.5, 0.6) is 0 Å². The van der Waals surface area contributed by atoms with Crippen molar-refractivity contribution in [2.45, 2.75) is 13.3 Å². The lowest BCUT2D eigenvalue weighted by Gasteiger charge is -2.18. The standard InChI is InChI=1S/C14H17NO3S/c1-12-10-15(19(17,18)11-12)14-8-3-2-6-13(14)7-4-5-9-16/h2-3,6,8,12,16H,5,9-11H2,1H3. The van der Waals surface area contributed by atoms with Crippen LogP contribution in [0.15, 0.2) is 24.3 Å². The predicted molar refractivity (Wildman–Crippen MR) is 75.3 cm³/mol. The first-order valence-corrected chi connectivity index (χ1v) is 7.84. The average molecular weight is 279 g/mol. The zero-order valence-electron chi connectivity index (χ0n) is 10.8. The van der Waals surface area contributed by atoms with E-state index in [4.69, 9.17) is 5.11 Å². The molecule has 1 heterocycles. The molecule has 1 saturated heterocycles. The quantitative estimate of drug-likeness (QED) is 0.828. The number of para-hydroxylation sites is 1. The minimum absolute atomic E-state index is 0.00815. The minimum atomic E-state index is -3.23. The topological polar surface area (TPSA) is 57.6 Å². The van der Waals surface area contributed by atoms with Gasteiger partial charge >= 0.3 is 0 Å². The molecule has 0 aromatic heterocycles. The van der Waals surface area contributed by atoms with Crippen LogP contribution in [0.3, 0.4) is 0 Å². The molecule has 4 nitrogen and oxygen atoms in total. The first-order valence-electron chi connectivity index (χ1n) is 6.24. The smallest absolute Gasteiger partial charge is 0.235 e. The molecule has 1 fully saturated rings. The number of sulfonamides is 1. The van der Waals surface area contributed by atoms with Gasteiger partial charge in [0.1, 0.15) is 0 Å². The molecule has 19 heavy (non-hydrogen) atoms. The van der Waals surface area contributed by atoms with Crippen LogP contribution in [0.2, 0.25) is 0 Å². The maximum absolute atomic E-state index is 12.1. The Labute approximate surface area is 114 Å². The van der Waals surface area contributed by atoms with Crippen molar-refractivity contribution in [2.24, 2.45) is 5.92 Å². The summed E-state index contributed by atoms with van der Waals surface area (Å²) in [6, 6.07) is 7.22. The highest BCUT2D eigenvalue weighted by Crippen LogP contribution is 2.29. The predicted octanol–water partition coefficient (Wildman–Crippen LogP) is 1.21. The molecular formula is C14H17NO3S. The van der Waals surface area contributed by atoms with Crippen LogP contribution < -0.4 is 4.31 Å². The van der Waals surface area contributed by atoms with Crippen LogP contribution in [-0.4, -0.2) is 32.4 Å². The van der Waals surface area contributed by atoms with Crippen molar-refractivity contribution in [1.82, 2.24) is 0 Å². The Hall–Kier alpha value is -1.51. The number of nitrogens with zero attached hydrogens (tertiary/aromatic N) is 1. The van der Waals surface area contributed by atoms with Gasteiger partial charge in [0.25, 0.3) is 0 Å². The van der Waals surface area contributed by atoms with E-state index in [1.807, 2.05) is 19.1 Å². The van der Waals surface area contributed by atoms with E-state index in [1.54, 1.807) is 12.1 Å². The first kappa shape index (κ1) is 13.9. The lowest BCUT2D eigenvalue weighted by Crippen LogP contribution is -2.26. The van der Waals surface area contributed by atoms with E-state index < -0.39 is 10.0 Å². The fourth-order valence-electron chi connectivity index (χ4n) is 2.16. The van der Waals surface area contributed by atoms with Gasteiger partial charge in [0.2, 0.25) is 10.0 Å². The lowest BCUT2D eigenvalue weighted by molar-refractivity contribution is 0.305. The van der Waals surface area contributed by atoms with Crippen molar-refractivity contribution in [1.29, 1.82) is 0 Å². The maximum atomic E-state index is 12.1. The number of aliphatic hydroxyl groups excluding tert-OH is 1. The summed E-state index contributed by atoms with van der Waals surface area (Å²) in [6.45, 7) is 2.44. The number of anilines is 1. The van der Waals surface area contributed by atoms with Gasteiger partial charge in [-0.05, 0) is 18.1 Å². The van der Waals surface area contributed by atoms with E-state index in [0.29, 0.717) is 24.2 Å². The lowest BCUT2D eigenvalue weighted by atomic mass is 10.1. The zero-order valence-corrected chi connectivity index (χ0v) is 11.7. The fourth-order valence-corrected chi connectivity index (χ4v) is 4.10. The average Bonchev–Trinajstić information content (AvgIpc) is 2.63. The van der Waals surface area contributed by atoms with Gasteiger partial charge in [0.15, 0.2) is 0 Å². The number of hydrogen-bond acceptors (Lipinski definition) is 3. The molecule has 1 N–H and O–H groups in total. The fraction of sp³-hybridized carbons (Fsp3) is 0.429. The molecule has 1 aromatic rings. The molecule has 2 rings (SSSR count). The van der Waals surface area contributed by atoms with Crippen LogP contribution in [0.4, 0.5) is 5.69 Å². The van der Waals surface area contributed by atoms with Crippen molar-refractivity contribution in [3.63, 3.8) is 0 Å². The number of hydrogen-bond donors (Lipinski definition) is 1. The summed E-state index contributed by atoms with van der Waals surface area (Å²) in [5.41, 5.74) is 1.32. The van der Waals surface area contributed by atoms with Crippen LogP contribution in [-0.2, 0) is 10.0 Å². The summed E-state index contributed by atoms with van der Waals surface area (Å²) < 4.78 is 25.6. The number of rotatable bonds is 2. The molecule has 5 heteroatoms. The van der Waals surface area contributed by atoms with E-state index in [9.17, 15) is 8.42 Å². The van der Waals surface area contributed by atoms with Gasteiger partial charge < -0.3 is 5.11 Å². The monoisotopic (exact) mass is 279 g/mol. The van der Waals surface area contributed by atoms with Crippen LogP contribution in [0, 0.1) is 17.8 Å². The number of benzene rings is 1. The molecule has 0 aliphatic carbocycles. The summed E-state index contributed by atoms with van der Waals surface area (Å²) in [6.07, 6.45) is 0.386. The van der Waals surface area contributed by atoms with Gasteiger partial charge in [-0.3, -0.25) is 4.31 Å². The van der Waals surface area contributed by atoms with E-state index in [0.717, 1.165) is 0 Å². The summed E-state index contributed by atoms with van der Waals surface area (Å²) in [7, 11) is -3.23. The van der Waals surface area contributed by atoms with Crippen LogP contribution in [0.25, 0.3) is 0 Å². The molecular weight excluding hydrogens is 262 g/mol. The summed E-state index contributed by atoms with van der Waals surface area (Å²) in [5.74, 6) is 6.07. The van der Waals surface area contributed by atoms with Crippen molar-refractivity contribution >= 4 is 15.7 Å². The summed E-state index contributed by atoms with van der Waals surface area (Å²) >= 11 is 0. The molecule has 1 unspecified atom stereocenters. The Morgan fingerprint density at radius 3 is 2.79 bits per heavy atom. The summed E-state index contributed by atoms with van der Waals surface area (Å²) in [4.78, 5) is 0. The van der Waals surface area contributed by atoms with Crippen LogP contribution in [0.1, 0.15) is 18.9 Å². The second kappa shape index (κ2) is 5.64. The molecule has 1 atom stereocenters. The van der Waals surface area contributed by atoms with Gasteiger partial charge in [-0.1, -0.05) is 30.9 Å². The molecule has 1 aliphatic heterocycles. The molecule has 0 amide bonds. The maximum Gasteiger partial charge on any atom is 0.235 e. The van der Waals surface area contributed by atoms with E-state index in [2.05, 4.69) is 11.8 Å². The molecule has 1 aliphatic rings. The molecule has 0 radical (unpaired) electrons. The Balaban J connectivity index is 2.39. The zero-order chi connectivity index (χ0) is 13.9.